The highest BCUT2D eigenvalue weighted by molar-refractivity contribution is 14.1. The van der Waals surface area contributed by atoms with E-state index in [-0.39, 0.29) is 5.97 Å². The number of pyridine rings is 1. The molecule has 2 rings (SSSR count). The van der Waals surface area contributed by atoms with Crippen molar-refractivity contribution in [3.63, 3.8) is 0 Å². The van der Waals surface area contributed by atoms with Crippen LogP contribution in [-0.2, 0) is 4.74 Å². The van der Waals surface area contributed by atoms with Gasteiger partial charge in [-0.2, -0.15) is 0 Å². The lowest BCUT2D eigenvalue weighted by Crippen LogP contribution is -2.06. The van der Waals surface area contributed by atoms with E-state index in [1.54, 1.807) is 13.1 Å². The van der Waals surface area contributed by atoms with Gasteiger partial charge >= 0.3 is 5.97 Å². The number of ether oxygens (including phenoxy) is 1. The van der Waals surface area contributed by atoms with E-state index < -0.39 is 0 Å². The molecule has 0 bridgehead atoms. The highest BCUT2D eigenvalue weighted by Crippen LogP contribution is 2.31. The molecule has 0 saturated heterocycles. The molecule has 0 amide bonds. The average Bonchev–Trinajstić information content (AvgIpc) is 2.42. The lowest BCUT2D eigenvalue weighted by molar-refractivity contribution is 0.0526. The van der Waals surface area contributed by atoms with Crippen LogP contribution in [-0.4, -0.2) is 17.6 Å². The van der Waals surface area contributed by atoms with Crippen LogP contribution in [0.3, 0.4) is 0 Å². The molecule has 100 valence electrons. The van der Waals surface area contributed by atoms with Crippen LogP contribution in [0.4, 0.5) is 0 Å². The molecular formula is C14H13I2NO2. The standard InChI is InChI=1S/C14H13I2NO2/c1-4-19-14(18)9-5-10-11(15)7(2)8(3)12(16)13(10)17-6-9/h5-6H,4H2,1-3H3. The van der Waals surface area contributed by atoms with Gasteiger partial charge in [0.05, 0.1) is 17.7 Å². The molecule has 0 saturated carbocycles. The molecule has 0 fully saturated rings. The van der Waals surface area contributed by atoms with E-state index in [9.17, 15) is 4.79 Å². The summed E-state index contributed by atoms with van der Waals surface area (Å²) in [6.45, 7) is 6.36. The molecule has 0 aliphatic rings. The summed E-state index contributed by atoms with van der Waals surface area (Å²) < 4.78 is 7.30. The molecule has 0 aliphatic heterocycles. The lowest BCUT2D eigenvalue weighted by Gasteiger charge is -2.12. The smallest absolute Gasteiger partial charge is 0.339 e. The highest BCUT2D eigenvalue weighted by Gasteiger charge is 2.15. The number of carbonyl (C=O) groups is 1. The Morgan fingerprint density at radius 2 is 1.89 bits per heavy atom. The predicted octanol–water partition coefficient (Wildman–Crippen LogP) is 4.24. The van der Waals surface area contributed by atoms with Gasteiger partial charge < -0.3 is 4.74 Å². The number of carbonyl (C=O) groups excluding carboxylic acids is 1. The summed E-state index contributed by atoms with van der Waals surface area (Å²) in [5, 5.41) is 1.01. The van der Waals surface area contributed by atoms with Crippen LogP contribution in [0.25, 0.3) is 10.9 Å². The molecular weight excluding hydrogens is 468 g/mol. The highest BCUT2D eigenvalue weighted by atomic mass is 127. The van der Waals surface area contributed by atoms with Crippen molar-refractivity contribution in [2.45, 2.75) is 20.8 Å². The molecule has 0 atom stereocenters. The van der Waals surface area contributed by atoms with Crippen LogP contribution in [0.1, 0.15) is 28.4 Å². The maximum atomic E-state index is 11.8. The van der Waals surface area contributed by atoms with Gasteiger partial charge in [-0.15, -0.1) is 0 Å². The molecule has 5 heteroatoms. The maximum Gasteiger partial charge on any atom is 0.339 e. The fourth-order valence-corrected chi connectivity index (χ4v) is 3.49. The number of rotatable bonds is 2. The number of nitrogens with zero attached hydrogens (tertiary/aromatic N) is 1. The first kappa shape index (κ1) is 15.0. The number of halogens is 2. The van der Waals surface area contributed by atoms with Gasteiger partial charge in [0.2, 0.25) is 0 Å². The first-order chi connectivity index (χ1) is 8.97. The summed E-state index contributed by atoms with van der Waals surface area (Å²) in [6.07, 6.45) is 1.59. The van der Waals surface area contributed by atoms with Gasteiger partial charge in [0, 0.05) is 18.7 Å². The normalized spacial score (nSPS) is 10.8. The number of aromatic nitrogens is 1. The van der Waals surface area contributed by atoms with Crippen molar-refractivity contribution in [1.29, 1.82) is 0 Å². The first-order valence-electron chi connectivity index (χ1n) is 5.88. The van der Waals surface area contributed by atoms with Gasteiger partial charge in [-0.05, 0) is 83.1 Å². The van der Waals surface area contributed by atoms with Crippen LogP contribution in [0.15, 0.2) is 12.3 Å². The number of hydrogen-bond donors (Lipinski definition) is 0. The Kier molecular flexibility index (Phi) is 4.65. The summed E-state index contributed by atoms with van der Waals surface area (Å²) in [5.74, 6) is -0.319. The molecule has 0 unspecified atom stereocenters. The van der Waals surface area contributed by atoms with Gasteiger partial charge in [0.1, 0.15) is 0 Å². The Morgan fingerprint density at radius 3 is 2.53 bits per heavy atom. The summed E-state index contributed by atoms with van der Waals surface area (Å²) in [7, 11) is 0. The molecule has 2 aromatic rings. The first-order valence-corrected chi connectivity index (χ1v) is 8.04. The zero-order chi connectivity index (χ0) is 14.2. The van der Waals surface area contributed by atoms with Gasteiger partial charge in [-0.1, -0.05) is 0 Å². The zero-order valence-electron chi connectivity index (χ0n) is 10.9. The molecule has 0 N–H and O–H groups in total. The zero-order valence-corrected chi connectivity index (χ0v) is 15.2. The minimum atomic E-state index is -0.319. The Labute approximate surface area is 139 Å². The molecule has 0 spiro atoms. The van der Waals surface area contributed by atoms with Gasteiger partial charge in [0.15, 0.2) is 0 Å². The quantitative estimate of drug-likeness (QED) is 0.477. The minimum Gasteiger partial charge on any atom is -0.462 e. The third-order valence-electron chi connectivity index (χ3n) is 3.06. The Bertz CT molecular complexity index is 668. The van der Waals surface area contributed by atoms with Crippen molar-refractivity contribution < 1.29 is 9.53 Å². The van der Waals surface area contributed by atoms with Crippen molar-refractivity contribution in [2.24, 2.45) is 0 Å². The number of esters is 1. The van der Waals surface area contributed by atoms with Crippen LogP contribution >= 0.6 is 45.2 Å². The molecule has 1 aromatic heterocycles. The third-order valence-corrected chi connectivity index (χ3v) is 5.77. The lowest BCUT2D eigenvalue weighted by atomic mass is 10.1. The molecule has 0 radical (unpaired) electrons. The second-order valence-corrected chi connectivity index (χ2v) is 6.38. The van der Waals surface area contributed by atoms with Crippen molar-refractivity contribution in [1.82, 2.24) is 4.98 Å². The monoisotopic (exact) mass is 481 g/mol. The van der Waals surface area contributed by atoms with Gasteiger partial charge in [0.25, 0.3) is 0 Å². The van der Waals surface area contributed by atoms with E-state index in [0.29, 0.717) is 12.2 Å². The number of fused-ring (bicyclic) bond motifs is 1. The van der Waals surface area contributed by atoms with Crippen LogP contribution in [0, 0.1) is 21.0 Å². The van der Waals surface area contributed by atoms with E-state index in [0.717, 1.165) is 18.0 Å². The SMILES string of the molecule is CCOC(=O)c1cnc2c(I)c(C)c(C)c(I)c2c1. The third kappa shape index (κ3) is 2.72. The van der Waals surface area contributed by atoms with E-state index in [1.165, 1.54) is 11.1 Å². The van der Waals surface area contributed by atoms with E-state index in [4.69, 9.17) is 4.74 Å². The van der Waals surface area contributed by atoms with E-state index in [2.05, 4.69) is 64.0 Å². The van der Waals surface area contributed by atoms with Gasteiger partial charge in [-0.3, -0.25) is 4.98 Å². The fourth-order valence-electron chi connectivity index (χ4n) is 1.84. The summed E-state index contributed by atoms with van der Waals surface area (Å²) >= 11 is 4.62. The maximum absolute atomic E-state index is 11.8. The Hall–Kier alpha value is -0.440. The Balaban J connectivity index is 2.70. The van der Waals surface area contributed by atoms with E-state index in [1.807, 2.05) is 6.07 Å². The second-order valence-electron chi connectivity index (χ2n) is 4.22. The van der Waals surface area contributed by atoms with Crippen molar-refractivity contribution in [3.05, 3.63) is 36.1 Å². The Morgan fingerprint density at radius 1 is 1.26 bits per heavy atom. The second kappa shape index (κ2) is 5.90. The van der Waals surface area contributed by atoms with E-state index >= 15 is 0 Å². The number of benzene rings is 1. The van der Waals surface area contributed by atoms with Crippen LogP contribution in [0.5, 0.6) is 0 Å². The summed E-state index contributed by atoms with van der Waals surface area (Å²) in [4.78, 5) is 16.2. The fraction of sp³-hybridized carbons (Fsp3) is 0.286. The largest absolute Gasteiger partial charge is 0.462 e. The summed E-state index contributed by atoms with van der Waals surface area (Å²) in [5.41, 5.74) is 3.93. The topological polar surface area (TPSA) is 39.2 Å². The molecule has 19 heavy (non-hydrogen) atoms. The van der Waals surface area contributed by atoms with Gasteiger partial charge in [-0.25, -0.2) is 4.79 Å². The summed E-state index contributed by atoms with van der Waals surface area (Å²) in [6, 6.07) is 1.87. The molecule has 3 nitrogen and oxygen atoms in total. The molecule has 0 aliphatic carbocycles. The van der Waals surface area contributed by atoms with Crippen molar-refractivity contribution in [2.75, 3.05) is 6.61 Å². The number of hydrogen-bond acceptors (Lipinski definition) is 3. The van der Waals surface area contributed by atoms with Crippen LogP contribution < -0.4 is 0 Å². The minimum absolute atomic E-state index is 0.319. The van der Waals surface area contributed by atoms with Crippen LogP contribution in [0.2, 0.25) is 0 Å². The van der Waals surface area contributed by atoms with Crippen molar-refractivity contribution >= 4 is 62.1 Å². The predicted molar refractivity (Wildman–Crippen MR) is 92.6 cm³/mol. The average molecular weight is 481 g/mol. The molecule has 1 aromatic carbocycles. The molecule has 1 heterocycles. The van der Waals surface area contributed by atoms with Crippen molar-refractivity contribution in [3.8, 4) is 0 Å².